The number of rotatable bonds is 7. The molecule has 0 aliphatic rings. The molecule has 7 nitrogen and oxygen atoms in total. The maximum atomic E-state index is 5.84. The van der Waals surface area contributed by atoms with Gasteiger partial charge in [-0.2, -0.15) is 5.10 Å². The summed E-state index contributed by atoms with van der Waals surface area (Å²) in [6.45, 7) is 5.97. The summed E-state index contributed by atoms with van der Waals surface area (Å²) in [7, 11) is 1.86. The van der Waals surface area contributed by atoms with Crippen LogP contribution in [0.25, 0.3) is 0 Å². The quantitative estimate of drug-likeness (QED) is 0.388. The first-order chi connectivity index (χ1) is 11.2. The van der Waals surface area contributed by atoms with Crippen molar-refractivity contribution >= 4 is 29.9 Å². The Hall–Kier alpha value is -1.84. The molecule has 0 fully saturated rings. The molecule has 0 amide bonds. The van der Waals surface area contributed by atoms with E-state index < -0.39 is 0 Å². The Bertz CT molecular complexity index is 616. The second-order valence-electron chi connectivity index (χ2n) is 5.12. The smallest absolute Gasteiger partial charge is 0.191 e. The predicted molar refractivity (Wildman–Crippen MR) is 106 cm³/mol. The molecular formula is C16H25IN6O. The summed E-state index contributed by atoms with van der Waals surface area (Å²) in [5.74, 6) is 2.41. The lowest BCUT2D eigenvalue weighted by atomic mass is 10.3. The molecule has 0 spiro atoms. The lowest BCUT2D eigenvalue weighted by molar-refractivity contribution is 0.224. The minimum Gasteiger partial charge on any atom is -0.489 e. The number of aryl methyl sites for hydroxylation is 1. The summed E-state index contributed by atoms with van der Waals surface area (Å²) in [5.41, 5.74) is 0. The number of guanidine groups is 1. The Balaban J connectivity index is 0.00000288. The SMILES string of the molecule is CCNC(=NCc1ncnn1C)NCC(C)Oc1ccccc1.I. The van der Waals surface area contributed by atoms with Gasteiger partial charge in [0, 0.05) is 13.6 Å². The van der Waals surface area contributed by atoms with Gasteiger partial charge in [0.1, 0.15) is 30.5 Å². The fraction of sp³-hybridized carbons (Fsp3) is 0.438. The molecule has 24 heavy (non-hydrogen) atoms. The average Bonchev–Trinajstić information content (AvgIpc) is 2.96. The third kappa shape index (κ3) is 6.73. The molecule has 0 saturated carbocycles. The number of aliphatic imine (C=N–C) groups is 1. The molecule has 132 valence electrons. The first-order valence-electron chi connectivity index (χ1n) is 7.75. The molecule has 2 aromatic rings. The van der Waals surface area contributed by atoms with Crippen LogP contribution >= 0.6 is 24.0 Å². The molecule has 2 N–H and O–H groups in total. The van der Waals surface area contributed by atoms with Crippen molar-refractivity contribution in [2.24, 2.45) is 12.0 Å². The number of nitrogens with one attached hydrogen (secondary N) is 2. The minimum absolute atomic E-state index is 0. The summed E-state index contributed by atoms with van der Waals surface area (Å²) in [4.78, 5) is 8.67. The first-order valence-corrected chi connectivity index (χ1v) is 7.75. The molecule has 1 atom stereocenters. The lowest BCUT2D eigenvalue weighted by Gasteiger charge is -2.17. The van der Waals surface area contributed by atoms with E-state index in [1.54, 1.807) is 4.68 Å². The van der Waals surface area contributed by atoms with Crippen LogP contribution in [0.15, 0.2) is 41.7 Å². The zero-order valence-electron chi connectivity index (χ0n) is 14.3. The van der Waals surface area contributed by atoms with Gasteiger partial charge in [0.05, 0.1) is 6.54 Å². The summed E-state index contributed by atoms with van der Waals surface area (Å²) >= 11 is 0. The van der Waals surface area contributed by atoms with E-state index in [0.29, 0.717) is 13.1 Å². The number of nitrogens with zero attached hydrogens (tertiary/aromatic N) is 4. The molecule has 0 aliphatic heterocycles. The number of hydrogen-bond acceptors (Lipinski definition) is 4. The second-order valence-corrected chi connectivity index (χ2v) is 5.12. The Labute approximate surface area is 159 Å². The van der Waals surface area contributed by atoms with Gasteiger partial charge in [-0.25, -0.2) is 9.98 Å². The van der Waals surface area contributed by atoms with Crippen LogP contribution in [-0.2, 0) is 13.6 Å². The highest BCUT2D eigenvalue weighted by Crippen LogP contribution is 2.10. The van der Waals surface area contributed by atoms with Crippen molar-refractivity contribution < 1.29 is 4.74 Å². The highest BCUT2D eigenvalue weighted by molar-refractivity contribution is 14.0. The Kier molecular flexibility index (Phi) is 9.13. The molecule has 8 heteroatoms. The molecule has 1 aromatic carbocycles. The third-order valence-electron chi connectivity index (χ3n) is 3.17. The molecule has 1 aromatic heterocycles. The topological polar surface area (TPSA) is 76.4 Å². The van der Waals surface area contributed by atoms with Crippen molar-refractivity contribution in [2.75, 3.05) is 13.1 Å². The molecule has 0 saturated heterocycles. The Morgan fingerprint density at radius 2 is 2.04 bits per heavy atom. The van der Waals surface area contributed by atoms with Crippen LogP contribution < -0.4 is 15.4 Å². The van der Waals surface area contributed by atoms with E-state index >= 15 is 0 Å². The van der Waals surface area contributed by atoms with Gasteiger partial charge in [-0.15, -0.1) is 24.0 Å². The first kappa shape index (κ1) is 20.2. The molecule has 2 rings (SSSR count). The van der Waals surface area contributed by atoms with Crippen molar-refractivity contribution in [3.8, 4) is 5.75 Å². The number of hydrogen-bond donors (Lipinski definition) is 2. The van der Waals surface area contributed by atoms with Crippen molar-refractivity contribution in [2.45, 2.75) is 26.5 Å². The van der Waals surface area contributed by atoms with Crippen LogP contribution in [0.2, 0.25) is 0 Å². The van der Waals surface area contributed by atoms with Gasteiger partial charge in [-0.05, 0) is 26.0 Å². The number of ether oxygens (including phenoxy) is 1. The number of para-hydroxylation sites is 1. The Morgan fingerprint density at radius 1 is 1.29 bits per heavy atom. The van der Waals surface area contributed by atoms with E-state index in [9.17, 15) is 0 Å². The molecule has 0 aliphatic carbocycles. The van der Waals surface area contributed by atoms with E-state index in [1.807, 2.05) is 51.2 Å². The van der Waals surface area contributed by atoms with Crippen LogP contribution in [-0.4, -0.2) is 39.9 Å². The van der Waals surface area contributed by atoms with Gasteiger partial charge in [-0.1, -0.05) is 18.2 Å². The highest BCUT2D eigenvalue weighted by atomic mass is 127. The normalized spacial score (nSPS) is 12.2. The molecule has 1 heterocycles. The van der Waals surface area contributed by atoms with Crippen LogP contribution in [0.4, 0.5) is 0 Å². The van der Waals surface area contributed by atoms with Crippen molar-refractivity contribution in [3.63, 3.8) is 0 Å². The van der Waals surface area contributed by atoms with Gasteiger partial charge in [0.2, 0.25) is 0 Å². The molecular weight excluding hydrogens is 419 g/mol. The zero-order valence-corrected chi connectivity index (χ0v) is 16.6. The number of benzene rings is 1. The van der Waals surface area contributed by atoms with Gasteiger partial charge < -0.3 is 15.4 Å². The Morgan fingerprint density at radius 3 is 2.67 bits per heavy atom. The zero-order chi connectivity index (χ0) is 16.5. The maximum absolute atomic E-state index is 5.84. The van der Waals surface area contributed by atoms with E-state index in [-0.39, 0.29) is 30.1 Å². The molecule has 0 bridgehead atoms. The van der Waals surface area contributed by atoms with Crippen LogP contribution in [0, 0.1) is 0 Å². The van der Waals surface area contributed by atoms with Crippen LogP contribution in [0.3, 0.4) is 0 Å². The highest BCUT2D eigenvalue weighted by Gasteiger charge is 2.06. The standard InChI is InChI=1S/C16H24N6O.HI/c1-4-17-16(19-11-15-20-12-21-22(15)3)18-10-13(2)23-14-8-6-5-7-9-14;/h5-9,12-13H,4,10-11H2,1-3H3,(H2,17,18,19);1H. The number of halogens is 1. The summed E-state index contributed by atoms with van der Waals surface area (Å²) in [5, 5.41) is 10.5. The predicted octanol–water partition coefficient (Wildman–Crippen LogP) is 1.96. The van der Waals surface area contributed by atoms with Crippen molar-refractivity contribution in [1.29, 1.82) is 0 Å². The average molecular weight is 444 g/mol. The summed E-state index contributed by atoms with van der Waals surface area (Å²) < 4.78 is 7.56. The van der Waals surface area contributed by atoms with Gasteiger partial charge >= 0.3 is 0 Å². The third-order valence-corrected chi connectivity index (χ3v) is 3.17. The lowest BCUT2D eigenvalue weighted by Crippen LogP contribution is -2.41. The van der Waals surface area contributed by atoms with E-state index in [2.05, 4.69) is 25.7 Å². The largest absolute Gasteiger partial charge is 0.489 e. The maximum Gasteiger partial charge on any atom is 0.191 e. The summed E-state index contributed by atoms with van der Waals surface area (Å²) in [6.07, 6.45) is 1.55. The van der Waals surface area contributed by atoms with E-state index in [0.717, 1.165) is 24.1 Å². The summed E-state index contributed by atoms with van der Waals surface area (Å²) in [6, 6.07) is 9.79. The van der Waals surface area contributed by atoms with Crippen LogP contribution in [0.5, 0.6) is 5.75 Å². The molecule has 0 radical (unpaired) electrons. The monoisotopic (exact) mass is 444 g/mol. The number of aromatic nitrogens is 3. The second kappa shape index (κ2) is 10.8. The molecule has 1 unspecified atom stereocenters. The van der Waals surface area contributed by atoms with Gasteiger partial charge in [0.25, 0.3) is 0 Å². The fourth-order valence-corrected chi connectivity index (χ4v) is 1.97. The fourth-order valence-electron chi connectivity index (χ4n) is 1.97. The van der Waals surface area contributed by atoms with Crippen molar-refractivity contribution in [3.05, 3.63) is 42.5 Å². The van der Waals surface area contributed by atoms with Crippen LogP contribution in [0.1, 0.15) is 19.7 Å². The van der Waals surface area contributed by atoms with Crippen molar-refractivity contribution in [1.82, 2.24) is 25.4 Å². The van der Waals surface area contributed by atoms with E-state index in [1.165, 1.54) is 6.33 Å². The van der Waals surface area contributed by atoms with Gasteiger partial charge in [0.15, 0.2) is 5.96 Å². The van der Waals surface area contributed by atoms with E-state index in [4.69, 9.17) is 4.74 Å². The van der Waals surface area contributed by atoms with Gasteiger partial charge in [-0.3, -0.25) is 4.68 Å². The minimum atomic E-state index is 0.